The number of hydrogen-bond donors (Lipinski definition) is 0. The maximum absolute atomic E-state index is 11.3. The lowest BCUT2D eigenvalue weighted by atomic mass is 9.77. The lowest BCUT2D eigenvalue weighted by Crippen LogP contribution is -2.27. The minimum absolute atomic E-state index is 0.0483. The minimum atomic E-state index is -0.225. The lowest BCUT2D eigenvalue weighted by molar-refractivity contribution is -0.125. The third-order valence-corrected chi connectivity index (χ3v) is 3.28. The smallest absolute Gasteiger partial charge is 0.184 e. The normalized spacial score (nSPS) is 42.5. The third kappa shape index (κ3) is 1.09. The fourth-order valence-electron chi connectivity index (χ4n) is 2.01. The molecule has 3 atom stereocenters. The van der Waals surface area contributed by atoms with Gasteiger partial charge in [-0.3, -0.25) is 4.79 Å². The molecular formula is C11H14O2. The van der Waals surface area contributed by atoms with Crippen molar-refractivity contribution in [2.75, 3.05) is 0 Å². The van der Waals surface area contributed by atoms with Gasteiger partial charge in [-0.05, 0) is 19.4 Å². The van der Waals surface area contributed by atoms with E-state index in [0.717, 1.165) is 12.0 Å². The Morgan fingerprint density at radius 2 is 2.46 bits per heavy atom. The molecule has 0 aromatic heterocycles. The lowest BCUT2D eigenvalue weighted by Gasteiger charge is -2.28. The molecule has 0 aromatic carbocycles. The number of hydrogen-bond acceptors (Lipinski definition) is 2. The maximum Gasteiger partial charge on any atom is 0.184 e. The average molecular weight is 178 g/mol. The summed E-state index contributed by atoms with van der Waals surface area (Å²) in [5.74, 6) is 0.0984. The van der Waals surface area contributed by atoms with E-state index in [1.54, 1.807) is 6.08 Å². The van der Waals surface area contributed by atoms with Crippen LogP contribution >= 0.6 is 0 Å². The first kappa shape index (κ1) is 8.70. The molecule has 0 amide bonds. The summed E-state index contributed by atoms with van der Waals surface area (Å²) >= 11 is 0. The topological polar surface area (TPSA) is 26.3 Å². The highest BCUT2D eigenvalue weighted by Crippen LogP contribution is 2.46. The number of fused-ring (bicyclic) bond motifs is 2. The Morgan fingerprint density at radius 3 is 3.00 bits per heavy atom. The quantitative estimate of drug-likeness (QED) is 0.573. The first-order valence-electron chi connectivity index (χ1n) is 4.57. The Kier molecular flexibility index (Phi) is 1.70. The molecule has 0 radical (unpaired) electrons. The van der Waals surface area contributed by atoms with Crippen LogP contribution in [0.5, 0.6) is 0 Å². The Bertz CT molecular complexity index is 303. The molecule has 2 rings (SSSR count). The predicted molar refractivity (Wildman–Crippen MR) is 50.3 cm³/mol. The molecule has 1 fully saturated rings. The largest absolute Gasteiger partial charge is 0.362 e. The standard InChI is InChI=1S/C11H14O2/c1-7(2)11(3)6-9-8(12)4-5-10(11)13-9/h4-5,9-10H,1,6H2,2-3H3/t9-,10-,11-/m0/s1. The Morgan fingerprint density at radius 1 is 1.77 bits per heavy atom. The van der Waals surface area contributed by atoms with Crippen molar-refractivity contribution in [2.24, 2.45) is 5.41 Å². The fraction of sp³-hybridized carbons (Fsp3) is 0.545. The van der Waals surface area contributed by atoms with E-state index in [1.165, 1.54) is 0 Å². The summed E-state index contributed by atoms with van der Waals surface area (Å²) in [7, 11) is 0. The summed E-state index contributed by atoms with van der Waals surface area (Å²) in [6, 6.07) is 0. The molecule has 2 heteroatoms. The second-order valence-corrected chi connectivity index (χ2v) is 4.21. The van der Waals surface area contributed by atoms with Crippen LogP contribution in [0.3, 0.4) is 0 Å². The molecule has 2 nitrogen and oxygen atoms in total. The number of carbonyl (C=O) groups excluding carboxylic acids is 1. The summed E-state index contributed by atoms with van der Waals surface area (Å²) < 4.78 is 5.59. The van der Waals surface area contributed by atoms with Crippen LogP contribution in [-0.2, 0) is 9.53 Å². The average Bonchev–Trinajstić information content (AvgIpc) is 2.35. The second kappa shape index (κ2) is 2.55. The number of rotatable bonds is 1. The molecule has 1 saturated heterocycles. The van der Waals surface area contributed by atoms with Gasteiger partial charge in [0.1, 0.15) is 6.10 Å². The van der Waals surface area contributed by atoms with Gasteiger partial charge >= 0.3 is 0 Å². The SMILES string of the molecule is C=C(C)[C@]1(C)C[C@@H]2O[C@H]1C=CC2=O. The van der Waals surface area contributed by atoms with Crippen LogP contribution in [0.4, 0.5) is 0 Å². The predicted octanol–water partition coefficient (Wildman–Crippen LogP) is 1.87. The first-order chi connectivity index (χ1) is 6.04. The van der Waals surface area contributed by atoms with E-state index < -0.39 is 0 Å². The highest BCUT2D eigenvalue weighted by Gasteiger charge is 2.48. The van der Waals surface area contributed by atoms with Gasteiger partial charge in [0.05, 0.1) is 6.10 Å². The van der Waals surface area contributed by atoms with Crippen LogP contribution in [0.25, 0.3) is 0 Å². The molecule has 2 aliphatic rings. The number of carbonyl (C=O) groups is 1. The van der Waals surface area contributed by atoms with Crippen molar-refractivity contribution >= 4 is 5.78 Å². The third-order valence-electron chi connectivity index (χ3n) is 3.28. The van der Waals surface area contributed by atoms with E-state index in [9.17, 15) is 4.79 Å². The zero-order valence-corrected chi connectivity index (χ0v) is 8.04. The Hall–Kier alpha value is -0.890. The van der Waals surface area contributed by atoms with Crippen LogP contribution in [0.1, 0.15) is 20.3 Å². The molecule has 0 aliphatic carbocycles. The zero-order chi connectivity index (χ0) is 9.64. The van der Waals surface area contributed by atoms with Crippen molar-refractivity contribution in [3.8, 4) is 0 Å². The molecule has 2 heterocycles. The molecule has 2 aliphatic heterocycles. The first-order valence-corrected chi connectivity index (χ1v) is 4.57. The summed E-state index contributed by atoms with van der Waals surface area (Å²) in [6.07, 6.45) is 4.11. The molecule has 0 spiro atoms. The van der Waals surface area contributed by atoms with Crippen molar-refractivity contribution in [1.29, 1.82) is 0 Å². The van der Waals surface area contributed by atoms with Crippen LogP contribution in [0.15, 0.2) is 24.3 Å². The molecule has 0 unspecified atom stereocenters. The van der Waals surface area contributed by atoms with Crippen LogP contribution in [-0.4, -0.2) is 18.0 Å². The van der Waals surface area contributed by atoms with Crippen molar-refractivity contribution in [3.63, 3.8) is 0 Å². The van der Waals surface area contributed by atoms with E-state index >= 15 is 0 Å². The summed E-state index contributed by atoms with van der Waals surface area (Å²) in [5.41, 5.74) is 1.05. The van der Waals surface area contributed by atoms with Crippen molar-refractivity contribution in [3.05, 3.63) is 24.3 Å². The van der Waals surface area contributed by atoms with Crippen molar-refractivity contribution in [1.82, 2.24) is 0 Å². The highest BCUT2D eigenvalue weighted by molar-refractivity contribution is 5.95. The van der Waals surface area contributed by atoms with Gasteiger partial charge in [0.2, 0.25) is 0 Å². The van der Waals surface area contributed by atoms with E-state index in [1.807, 2.05) is 13.0 Å². The van der Waals surface area contributed by atoms with E-state index in [4.69, 9.17) is 4.74 Å². The summed E-state index contributed by atoms with van der Waals surface area (Å²) in [5, 5.41) is 0. The Balaban J connectivity index is 2.35. The molecule has 0 aromatic rings. The van der Waals surface area contributed by atoms with E-state index in [0.29, 0.717) is 0 Å². The van der Waals surface area contributed by atoms with E-state index in [2.05, 4.69) is 13.5 Å². The summed E-state index contributed by atoms with van der Waals surface area (Å²) in [6.45, 7) is 8.09. The molecule has 0 N–H and O–H groups in total. The van der Waals surface area contributed by atoms with Gasteiger partial charge in [-0.25, -0.2) is 0 Å². The fourth-order valence-corrected chi connectivity index (χ4v) is 2.01. The van der Waals surface area contributed by atoms with Gasteiger partial charge in [-0.1, -0.05) is 25.2 Å². The van der Waals surface area contributed by atoms with Crippen LogP contribution < -0.4 is 0 Å². The highest BCUT2D eigenvalue weighted by atomic mass is 16.5. The zero-order valence-electron chi connectivity index (χ0n) is 8.04. The van der Waals surface area contributed by atoms with Gasteiger partial charge in [0.25, 0.3) is 0 Å². The van der Waals surface area contributed by atoms with Crippen molar-refractivity contribution in [2.45, 2.75) is 32.5 Å². The molecular weight excluding hydrogens is 164 g/mol. The van der Waals surface area contributed by atoms with Gasteiger partial charge in [0.15, 0.2) is 5.78 Å². The van der Waals surface area contributed by atoms with Crippen molar-refractivity contribution < 1.29 is 9.53 Å². The van der Waals surface area contributed by atoms with Gasteiger partial charge in [-0.15, -0.1) is 0 Å². The molecule has 13 heavy (non-hydrogen) atoms. The Labute approximate surface area is 78.3 Å². The maximum atomic E-state index is 11.3. The van der Waals surface area contributed by atoms with Gasteiger partial charge < -0.3 is 4.74 Å². The van der Waals surface area contributed by atoms with Gasteiger partial charge in [-0.2, -0.15) is 0 Å². The number of ketones is 1. The number of ether oxygens (including phenoxy) is 1. The molecule has 0 saturated carbocycles. The summed E-state index contributed by atoms with van der Waals surface area (Å²) in [4.78, 5) is 11.3. The molecule has 70 valence electrons. The minimum Gasteiger partial charge on any atom is -0.362 e. The monoisotopic (exact) mass is 178 g/mol. The van der Waals surface area contributed by atoms with Crippen LogP contribution in [0, 0.1) is 5.41 Å². The molecule has 2 bridgehead atoms. The van der Waals surface area contributed by atoms with Crippen LogP contribution in [0.2, 0.25) is 0 Å². The second-order valence-electron chi connectivity index (χ2n) is 4.21. The van der Waals surface area contributed by atoms with E-state index in [-0.39, 0.29) is 23.4 Å². The van der Waals surface area contributed by atoms with Gasteiger partial charge in [0, 0.05) is 5.41 Å².